The molecule has 3 heterocycles. The van der Waals surface area contributed by atoms with E-state index >= 15 is 0 Å². The summed E-state index contributed by atoms with van der Waals surface area (Å²) in [5, 5.41) is 0.623. The molecule has 0 fully saturated rings. The molecule has 0 saturated heterocycles. The van der Waals surface area contributed by atoms with Crippen molar-refractivity contribution in [3.05, 3.63) is 130 Å². The molecule has 7 nitrogen and oxygen atoms in total. The van der Waals surface area contributed by atoms with E-state index in [9.17, 15) is 0 Å². The summed E-state index contributed by atoms with van der Waals surface area (Å²) >= 11 is 6.21. The Kier molecular flexibility index (Phi) is 6.27. The first-order valence-corrected chi connectivity index (χ1v) is 11.7. The van der Waals surface area contributed by atoms with Gasteiger partial charge in [-0.25, -0.2) is 4.99 Å². The van der Waals surface area contributed by atoms with E-state index in [1.54, 1.807) is 12.4 Å². The van der Waals surface area contributed by atoms with Crippen LogP contribution in [-0.4, -0.2) is 28.3 Å². The van der Waals surface area contributed by atoms with Crippen molar-refractivity contribution in [3.63, 3.8) is 0 Å². The third-order valence-electron chi connectivity index (χ3n) is 5.97. The second-order valence-electron chi connectivity index (χ2n) is 8.43. The number of hydrogen-bond acceptors (Lipinski definition) is 7. The Hall–Kier alpha value is -4.07. The van der Waals surface area contributed by atoms with Crippen LogP contribution in [0.4, 0.5) is 5.69 Å². The largest absolute Gasteiger partial charge is 0.384 e. The van der Waals surface area contributed by atoms with E-state index in [1.807, 2.05) is 76.7 Å². The highest BCUT2D eigenvalue weighted by Gasteiger charge is 2.31. The lowest BCUT2D eigenvalue weighted by atomic mass is 10.0. The summed E-state index contributed by atoms with van der Waals surface area (Å²) in [6.45, 7) is 0.490. The summed E-state index contributed by atoms with van der Waals surface area (Å²) in [6.07, 6.45) is 7.97. The number of rotatable bonds is 6. The van der Waals surface area contributed by atoms with Gasteiger partial charge in [-0.15, -0.1) is 0 Å². The molecule has 0 bridgehead atoms. The van der Waals surface area contributed by atoms with Crippen molar-refractivity contribution < 1.29 is 0 Å². The maximum Gasteiger partial charge on any atom is 0.142 e. The van der Waals surface area contributed by atoms with Gasteiger partial charge >= 0.3 is 0 Å². The third-order valence-corrected chi connectivity index (χ3v) is 6.21. The molecule has 0 unspecified atom stereocenters. The van der Waals surface area contributed by atoms with Crippen LogP contribution >= 0.6 is 11.6 Å². The molecule has 1 aromatic heterocycles. The summed E-state index contributed by atoms with van der Waals surface area (Å²) in [4.78, 5) is 13.0. The Bertz CT molecular complexity index is 1350. The second kappa shape index (κ2) is 9.66. The van der Waals surface area contributed by atoms with Gasteiger partial charge in [-0.05, 0) is 48.4 Å². The molecule has 0 amide bonds. The fraction of sp³-hybridized carbons (Fsp3) is 0.111. The van der Waals surface area contributed by atoms with E-state index in [0.717, 1.165) is 16.8 Å². The van der Waals surface area contributed by atoms with Gasteiger partial charge in [0.2, 0.25) is 0 Å². The van der Waals surface area contributed by atoms with Gasteiger partial charge in [0.1, 0.15) is 23.2 Å². The number of hydrogen-bond donors (Lipinski definition) is 3. The minimum absolute atomic E-state index is 0.165. The monoisotopic (exact) mass is 483 g/mol. The fourth-order valence-electron chi connectivity index (χ4n) is 4.28. The maximum atomic E-state index is 6.75. The zero-order valence-electron chi connectivity index (χ0n) is 19.1. The number of fused-ring (bicyclic) bond motifs is 1. The summed E-state index contributed by atoms with van der Waals surface area (Å²) in [5.74, 6) is 1.69. The highest BCUT2D eigenvalue weighted by atomic mass is 35.5. The Morgan fingerprint density at radius 1 is 0.914 bits per heavy atom. The zero-order valence-corrected chi connectivity index (χ0v) is 19.8. The number of pyridine rings is 1. The molecule has 2 aromatic carbocycles. The summed E-state index contributed by atoms with van der Waals surface area (Å²) in [6, 6.07) is 21.3. The predicted octanol–water partition coefficient (Wildman–Crippen LogP) is 3.70. The van der Waals surface area contributed by atoms with Gasteiger partial charge in [0.25, 0.3) is 0 Å². The van der Waals surface area contributed by atoms with E-state index in [4.69, 9.17) is 33.8 Å². The van der Waals surface area contributed by atoms with Crippen molar-refractivity contribution >= 4 is 23.1 Å². The van der Waals surface area contributed by atoms with Crippen LogP contribution in [0.15, 0.2) is 119 Å². The molecule has 6 N–H and O–H groups in total. The molecule has 1 atom stereocenters. The quantitative estimate of drug-likeness (QED) is 0.493. The van der Waals surface area contributed by atoms with Gasteiger partial charge in [0.15, 0.2) is 0 Å². The van der Waals surface area contributed by atoms with Gasteiger partial charge in [-0.2, -0.15) is 0 Å². The third kappa shape index (κ3) is 4.64. The molecule has 0 aliphatic carbocycles. The van der Waals surface area contributed by atoms with Crippen LogP contribution < -0.4 is 22.1 Å². The molecule has 2 aliphatic rings. The number of anilines is 1. The highest BCUT2D eigenvalue weighted by molar-refractivity contribution is 6.30. The Morgan fingerprint density at radius 3 is 2.43 bits per heavy atom. The van der Waals surface area contributed by atoms with E-state index in [1.165, 1.54) is 5.56 Å². The van der Waals surface area contributed by atoms with Crippen molar-refractivity contribution in [2.24, 2.45) is 22.2 Å². The molecular formula is C27H26ClN7. The van der Waals surface area contributed by atoms with E-state index in [0.29, 0.717) is 41.2 Å². The van der Waals surface area contributed by atoms with Crippen molar-refractivity contribution in [3.8, 4) is 0 Å². The zero-order chi connectivity index (χ0) is 24.4. The van der Waals surface area contributed by atoms with Crippen LogP contribution in [0.1, 0.15) is 11.1 Å². The smallest absolute Gasteiger partial charge is 0.142 e. The minimum Gasteiger partial charge on any atom is -0.384 e. The van der Waals surface area contributed by atoms with Gasteiger partial charge in [-0.3, -0.25) is 4.98 Å². The molecule has 2 aliphatic heterocycles. The van der Waals surface area contributed by atoms with E-state index < -0.39 is 0 Å². The Balaban J connectivity index is 1.53. The van der Waals surface area contributed by atoms with Crippen molar-refractivity contribution in [1.29, 1.82) is 0 Å². The van der Waals surface area contributed by atoms with Crippen LogP contribution in [0.2, 0.25) is 5.02 Å². The maximum absolute atomic E-state index is 6.75. The number of benzene rings is 2. The van der Waals surface area contributed by atoms with E-state index in [2.05, 4.69) is 17.1 Å². The van der Waals surface area contributed by atoms with Crippen molar-refractivity contribution in [1.82, 2.24) is 9.88 Å². The summed E-state index contributed by atoms with van der Waals surface area (Å²) in [7, 11) is 0. The SMILES string of the molecule is NC1=C2C=CN(c3cccc(Cl)c3)C(N)=C2N=C(c2ccncc2)N1C[C@H](N)Cc1ccccc1. The number of aromatic nitrogens is 1. The summed E-state index contributed by atoms with van der Waals surface area (Å²) in [5.41, 5.74) is 24.2. The van der Waals surface area contributed by atoms with Crippen LogP contribution in [-0.2, 0) is 6.42 Å². The number of allylic oxidation sites excluding steroid dienone is 1. The number of amidine groups is 1. The minimum atomic E-state index is -0.165. The number of nitrogens with two attached hydrogens (primary N) is 3. The molecule has 5 rings (SSSR count). The lowest BCUT2D eigenvalue weighted by Crippen LogP contribution is -2.46. The normalized spacial score (nSPS) is 16.3. The van der Waals surface area contributed by atoms with Gasteiger partial charge < -0.3 is 27.0 Å². The molecule has 0 radical (unpaired) electrons. The van der Waals surface area contributed by atoms with Crippen molar-refractivity contribution in [2.75, 3.05) is 11.4 Å². The van der Waals surface area contributed by atoms with Crippen LogP contribution in [0.25, 0.3) is 0 Å². The van der Waals surface area contributed by atoms with E-state index in [-0.39, 0.29) is 6.04 Å². The van der Waals surface area contributed by atoms with Gasteiger partial charge in [0.05, 0.1) is 0 Å². The molecule has 176 valence electrons. The van der Waals surface area contributed by atoms with Crippen LogP contribution in [0, 0.1) is 0 Å². The molecule has 35 heavy (non-hydrogen) atoms. The molecule has 0 spiro atoms. The van der Waals surface area contributed by atoms with Gasteiger partial charge in [-0.1, -0.05) is 48.0 Å². The molecular weight excluding hydrogens is 458 g/mol. The average Bonchev–Trinajstić information content (AvgIpc) is 2.87. The molecule has 3 aromatic rings. The Labute approximate surface area is 209 Å². The first-order valence-electron chi connectivity index (χ1n) is 11.3. The fourth-order valence-corrected chi connectivity index (χ4v) is 4.47. The molecule has 0 saturated carbocycles. The standard InChI is InChI=1S/C27H26ClN7/c28-20-7-4-8-22(16-20)34-14-11-23-24(26(34)31)33-27(19-9-12-32-13-10-19)35(25(23)30)17-21(29)15-18-5-2-1-3-6-18/h1-14,16,21H,15,17,29-31H2/t21-/m1/s1. The number of halogens is 1. The first kappa shape index (κ1) is 22.7. The second-order valence-corrected chi connectivity index (χ2v) is 8.87. The summed E-state index contributed by atoms with van der Waals surface area (Å²) < 4.78 is 0. The first-order chi connectivity index (χ1) is 17.0. The lowest BCUT2D eigenvalue weighted by molar-refractivity contribution is 0.440. The predicted molar refractivity (Wildman–Crippen MR) is 141 cm³/mol. The number of nitrogens with zero attached hydrogens (tertiary/aromatic N) is 4. The average molecular weight is 484 g/mol. The van der Waals surface area contributed by atoms with Crippen LogP contribution in [0.5, 0.6) is 0 Å². The topological polar surface area (TPSA) is 110 Å². The van der Waals surface area contributed by atoms with Gasteiger partial charge in [0, 0.05) is 53.0 Å². The van der Waals surface area contributed by atoms with Crippen LogP contribution in [0.3, 0.4) is 0 Å². The highest BCUT2D eigenvalue weighted by Crippen LogP contribution is 2.34. The number of aliphatic imine (C=N–C) groups is 1. The molecule has 8 heteroatoms. The lowest BCUT2D eigenvalue weighted by Gasteiger charge is -2.36. The Morgan fingerprint density at radius 2 is 1.69 bits per heavy atom. The van der Waals surface area contributed by atoms with Crippen molar-refractivity contribution in [2.45, 2.75) is 12.5 Å².